The van der Waals surface area contributed by atoms with Crippen molar-refractivity contribution in [1.29, 1.82) is 0 Å². The lowest BCUT2D eigenvalue weighted by Gasteiger charge is -2.57. The molecule has 4 aliphatic rings. The number of hydrogen-bond acceptors (Lipinski definition) is 6. The van der Waals surface area contributed by atoms with Crippen LogP contribution in [0.25, 0.3) is 0 Å². The van der Waals surface area contributed by atoms with Crippen LogP contribution >= 0.6 is 7.82 Å². The van der Waals surface area contributed by atoms with Crippen molar-refractivity contribution in [1.82, 2.24) is 16.0 Å². The van der Waals surface area contributed by atoms with Gasteiger partial charge in [0.05, 0.1) is 0 Å². The van der Waals surface area contributed by atoms with Crippen molar-refractivity contribution in [2.45, 2.75) is 83.2 Å². The largest absolute Gasteiger partial charge is 0.524 e. The van der Waals surface area contributed by atoms with Crippen molar-refractivity contribution < 1.29 is 43.2 Å². The molecule has 2 atom stereocenters. The maximum atomic E-state index is 13.3. The zero-order valence-corrected chi connectivity index (χ0v) is 24.3. The minimum absolute atomic E-state index is 0.0757. The molecule has 0 aromatic heterocycles. The second-order valence-corrected chi connectivity index (χ2v) is 13.3. The van der Waals surface area contributed by atoms with Gasteiger partial charge >= 0.3 is 13.8 Å². The molecule has 0 radical (unpaired) electrons. The Bertz CT molecular complexity index is 1180. The number of phosphoric acid groups is 1. The Hall–Kier alpha value is -2.95. The second kappa shape index (κ2) is 12.1. The van der Waals surface area contributed by atoms with Gasteiger partial charge in [-0.05, 0) is 85.8 Å². The number of carbonyl (C=O) groups excluding carboxylic acids is 3. The van der Waals surface area contributed by atoms with Crippen LogP contribution in [-0.4, -0.2) is 50.8 Å². The predicted octanol–water partition coefficient (Wildman–Crippen LogP) is 2.80. The summed E-state index contributed by atoms with van der Waals surface area (Å²) in [5, 5.41) is 18.1. The van der Waals surface area contributed by atoms with Crippen molar-refractivity contribution in [3.8, 4) is 5.75 Å². The third-order valence-electron chi connectivity index (χ3n) is 8.93. The van der Waals surface area contributed by atoms with E-state index < -0.39 is 49.5 Å². The van der Waals surface area contributed by atoms with Crippen LogP contribution in [0.5, 0.6) is 5.75 Å². The Labute approximate surface area is 239 Å². The molecular formula is C28H40N3O9P. The smallest absolute Gasteiger partial charge is 0.478 e. The summed E-state index contributed by atoms with van der Waals surface area (Å²) in [5.74, 6) is -2.55. The Morgan fingerprint density at radius 3 is 2.02 bits per heavy atom. The summed E-state index contributed by atoms with van der Waals surface area (Å²) in [5.41, 5.74) is -1.90. The molecule has 5 rings (SSSR count). The lowest BCUT2D eigenvalue weighted by molar-refractivity contribution is -0.153. The lowest BCUT2D eigenvalue weighted by atomic mass is 9.49. The van der Waals surface area contributed by atoms with Crippen molar-refractivity contribution in [3.63, 3.8) is 0 Å². The first-order chi connectivity index (χ1) is 19.2. The first-order valence-corrected chi connectivity index (χ1v) is 15.7. The molecular weight excluding hydrogens is 553 g/mol. The second-order valence-electron chi connectivity index (χ2n) is 12.1. The fourth-order valence-corrected chi connectivity index (χ4v) is 8.18. The fraction of sp³-hybridized carbons (Fsp3) is 0.643. The predicted molar refractivity (Wildman–Crippen MR) is 147 cm³/mol. The Morgan fingerprint density at radius 1 is 1.00 bits per heavy atom. The van der Waals surface area contributed by atoms with Gasteiger partial charge in [-0.3, -0.25) is 24.2 Å². The number of aliphatic carboxylic acids is 1. The van der Waals surface area contributed by atoms with Crippen LogP contribution in [0.1, 0.15) is 83.1 Å². The average molecular weight is 594 g/mol. The molecule has 0 heterocycles. The first-order valence-electron chi connectivity index (χ1n) is 14.2. The van der Waals surface area contributed by atoms with Crippen LogP contribution in [0, 0.1) is 23.2 Å². The third kappa shape index (κ3) is 7.47. The highest BCUT2D eigenvalue weighted by Crippen LogP contribution is 2.61. The summed E-state index contributed by atoms with van der Waals surface area (Å²) in [6, 6.07) is 5.12. The zero-order valence-electron chi connectivity index (χ0n) is 23.4. The molecule has 4 aliphatic carbocycles. The van der Waals surface area contributed by atoms with Gasteiger partial charge in [0.25, 0.3) is 0 Å². The van der Waals surface area contributed by atoms with E-state index in [1.165, 1.54) is 69.7 Å². The first kappa shape index (κ1) is 31.0. The van der Waals surface area contributed by atoms with Gasteiger partial charge in [-0.2, -0.15) is 0 Å². The van der Waals surface area contributed by atoms with E-state index in [0.29, 0.717) is 6.54 Å². The molecule has 1 aromatic rings. The normalized spacial score (nSPS) is 26.9. The fourth-order valence-electron chi connectivity index (χ4n) is 7.79. The van der Waals surface area contributed by atoms with Crippen molar-refractivity contribution in [3.05, 3.63) is 29.8 Å². The molecule has 4 saturated carbocycles. The van der Waals surface area contributed by atoms with Gasteiger partial charge in [0.1, 0.15) is 5.75 Å². The molecule has 2 unspecified atom stereocenters. The van der Waals surface area contributed by atoms with E-state index in [1.54, 1.807) is 0 Å². The number of amides is 3. The molecule has 0 aliphatic heterocycles. The van der Waals surface area contributed by atoms with Crippen molar-refractivity contribution in [2.75, 3.05) is 6.54 Å². The lowest BCUT2D eigenvalue weighted by Crippen LogP contribution is -2.68. The van der Waals surface area contributed by atoms with Gasteiger partial charge in [0.2, 0.25) is 23.4 Å². The molecule has 12 nitrogen and oxygen atoms in total. The van der Waals surface area contributed by atoms with E-state index in [9.17, 15) is 28.8 Å². The topological polar surface area (TPSA) is 191 Å². The maximum Gasteiger partial charge on any atom is 0.524 e. The van der Waals surface area contributed by atoms with Crippen LogP contribution in [0.3, 0.4) is 0 Å². The summed E-state index contributed by atoms with van der Waals surface area (Å²) < 4.78 is 15.8. The molecule has 1 aromatic carbocycles. The molecule has 13 heteroatoms. The molecule has 3 amide bonds. The highest BCUT2D eigenvalue weighted by molar-refractivity contribution is 7.46. The Morgan fingerprint density at radius 2 is 1.56 bits per heavy atom. The van der Waals surface area contributed by atoms with Crippen molar-refractivity contribution >= 4 is 31.5 Å². The van der Waals surface area contributed by atoms with E-state index in [1.807, 2.05) is 0 Å². The number of benzene rings is 1. The van der Waals surface area contributed by atoms with E-state index >= 15 is 0 Å². The highest BCUT2D eigenvalue weighted by Gasteiger charge is 2.51. The molecule has 4 bridgehead atoms. The standard InChI is InChI=1S/C28H40N3O9P/c1-3-24(33)31-28(26(35)36,30-17(2)32)23(21-4-6-22(7-5-21)40-41(37,38)39)13-25(34)29-9-8-27-14-18-10-19(15-27)12-20(11-18)16-27/h4-7,18-20,23H,3,8-16H2,1-2H3,(H,29,34)(H,30,32)(H,31,33)(H,35,36)(H2,37,38,39). The number of phosphoric ester groups is 1. The summed E-state index contributed by atoms with van der Waals surface area (Å²) in [6.07, 6.45) is 7.89. The van der Waals surface area contributed by atoms with Crippen LogP contribution in [-0.2, 0) is 23.7 Å². The van der Waals surface area contributed by atoms with Gasteiger partial charge in [-0.1, -0.05) is 19.1 Å². The number of carboxylic acid groups (broad SMARTS) is 1. The number of rotatable bonds is 13. The number of nitrogens with one attached hydrogen (secondary N) is 3. The third-order valence-corrected chi connectivity index (χ3v) is 9.38. The number of carbonyl (C=O) groups is 4. The Kier molecular flexibility index (Phi) is 9.16. The number of hydrogen-bond donors (Lipinski definition) is 6. The molecule has 41 heavy (non-hydrogen) atoms. The Balaban J connectivity index is 1.56. The average Bonchev–Trinajstić information content (AvgIpc) is 2.85. The van der Waals surface area contributed by atoms with E-state index in [-0.39, 0.29) is 23.1 Å². The molecule has 0 saturated heterocycles. The quantitative estimate of drug-likeness (QED) is 0.147. The monoisotopic (exact) mass is 593 g/mol. The molecule has 226 valence electrons. The van der Waals surface area contributed by atoms with E-state index in [4.69, 9.17) is 9.79 Å². The van der Waals surface area contributed by atoms with Crippen LogP contribution in [0.2, 0.25) is 0 Å². The van der Waals surface area contributed by atoms with Crippen LogP contribution in [0.15, 0.2) is 24.3 Å². The summed E-state index contributed by atoms with van der Waals surface area (Å²) in [7, 11) is -4.85. The van der Waals surface area contributed by atoms with Crippen LogP contribution < -0.4 is 20.5 Å². The van der Waals surface area contributed by atoms with Crippen molar-refractivity contribution in [2.24, 2.45) is 23.2 Å². The number of carboxylic acids is 1. The van der Waals surface area contributed by atoms with E-state index in [2.05, 4.69) is 20.5 Å². The van der Waals surface area contributed by atoms with Gasteiger partial charge in [0, 0.05) is 32.2 Å². The zero-order chi connectivity index (χ0) is 30.0. The summed E-state index contributed by atoms with van der Waals surface area (Å²) in [4.78, 5) is 69.0. The minimum atomic E-state index is -4.85. The van der Waals surface area contributed by atoms with Gasteiger partial charge in [0.15, 0.2) is 0 Å². The highest BCUT2D eigenvalue weighted by atomic mass is 31.2. The maximum absolute atomic E-state index is 13.3. The van der Waals surface area contributed by atoms with Gasteiger partial charge in [-0.15, -0.1) is 0 Å². The van der Waals surface area contributed by atoms with Crippen LogP contribution in [0.4, 0.5) is 0 Å². The summed E-state index contributed by atoms with van der Waals surface area (Å²) >= 11 is 0. The summed E-state index contributed by atoms with van der Waals surface area (Å²) in [6.45, 7) is 3.07. The van der Waals surface area contributed by atoms with E-state index in [0.717, 1.165) is 31.1 Å². The minimum Gasteiger partial charge on any atom is -0.478 e. The SMILES string of the molecule is CCC(=O)NC(NC(C)=O)(C(=O)O)C(CC(=O)NCCC12CC3CC(CC(C3)C1)C2)c1ccc(OP(=O)(O)O)cc1. The molecule has 0 spiro atoms. The molecule has 6 N–H and O–H groups in total. The molecule has 4 fully saturated rings. The van der Waals surface area contributed by atoms with Gasteiger partial charge in [-0.25, -0.2) is 9.36 Å². The van der Waals surface area contributed by atoms with Gasteiger partial charge < -0.3 is 25.6 Å².